The molecule has 0 saturated carbocycles. The maximum Gasteiger partial charge on any atom is 0.267 e. The highest BCUT2D eigenvalue weighted by Crippen LogP contribution is 2.34. The van der Waals surface area contributed by atoms with Gasteiger partial charge in [0.25, 0.3) is 5.91 Å². The van der Waals surface area contributed by atoms with E-state index in [2.05, 4.69) is 46.1 Å². The lowest BCUT2D eigenvalue weighted by atomic mass is 9.97. The molecule has 1 aromatic heterocycles. The van der Waals surface area contributed by atoms with Gasteiger partial charge in [-0.25, -0.2) is 9.97 Å². The molecule has 0 spiro atoms. The average Bonchev–Trinajstić information content (AvgIpc) is 2.89. The van der Waals surface area contributed by atoms with Crippen LogP contribution in [0.2, 0.25) is 5.28 Å². The van der Waals surface area contributed by atoms with Crippen molar-refractivity contribution < 1.29 is 4.79 Å². The van der Waals surface area contributed by atoms with Crippen LogP contribution >= 0.6 is 11.6 Å². The number of carbonyl (C=O) groups is 1. The predicted molar refractivity (Wildman–Crippen MR) is 86.2 cm³/mol. The molecule has 6 heteroatoms. The van der Waals surface area contributed by atoms with E-state index in [9.17, 15) is 4.79 Å². The minimum atomic E-state index is -0.600. The first-order valence-corrected chi connectivity index (χ1v) is 7.58. The SMILES string of the molecule is CC1CC(c2ccccc2)CN1c1cc(C(N)=O)nc(Cl)n1. The van der Waals surface area contributed by atoms with Crippen LogP contribution in [0.15, 0.2) is 36.4 Å². The first kappa shape index (κ1) is 14.8. The highest BCUT2D eigenvalue weighted by Gasteiger charge is 2.31. The second kappa shape index (κ2) is 5.93. The average molecular weight is 317 g/mol. The van der Waals surface area contributed by atoms with Crippen LogP contribution in [0.3, 0.4) is 0 Å². The Labute approximate surface area is 134 Å². The maximum atomic E-state index is 11.3. The standard InChI is InChI=1S/C16H17ClN4O/c1-10-7-12(11-5-3-2-4-6-11)9-21(10)14-8-13(15(18)22)19-16(17)20-14/h2-6,8,10,12H,7,9H2,1H3,(H2,18,22). The molecule has 1 fully saturated rings. The first-order valence-electron chi connectivity index (χ1n) is 7.20. The van der Waals surface area contributed by atoms with E-state index >= 15 is 0 Å². The predicted octanol–water partition coefficient (Wildman–Crippen LogP) is 2.61. The van der Waals surface area contributed by atoms with Gasteiger partial charge in [0.2, 0.25) is 5.28 Å². The Morgan fingerprint density at radius 3 is 2.73 bits per heavy atom. The number of hydrogen-bond donors (Lipinski definition) is 1. The molecule has 1 aromatic carbocycles. The smallest absolute Gasteiger partial charge is 0.267 e. The summed E-state index contributed by atoms with van der Waals surface area (Å²) < 4.78 is 0. The van der Waals surface area contributed by atoms with Gasteiger partial charge in [0, 0.05) is 24.6 Å². The number of benzene rings is 1. The summed E-state index contributed by atoms with van der Waals surface area (Å²) in [6.45, 7) is 2.97. The van der Waals surface area contributed by atoms with Crippen molar-refractivity contribution in [2.45, 2.75) is 25.3 Å². The van der Waals surface area contributed by atoms with E-state index in [0.717, 1.165) is 13.0 Å². The quantitative estimate of drug-likeness (QED) is 0.883. The van der Waals surface area contributed by atoms with E-state index in [0.29, 0.717) is 17.8 Å². The van der Waals surface area contributed by atoms with Crippen LogP contribution < -0.4 is 10.6 Å². The van der Waals surface area contributed by atoms with Crippen molar-refractivity contribution in [3.05, 3.63) is 52.9 Å². The van der Waals surface area contributed by atoms with Gasteiger partial charge in [0.05, 0.1) is 0 Å². The van der Waals surface area contributed by atoms with Crippen LogP contribution in [0.5, 0.6) is 0 Å². The van der Waals surface area contributed by atoms with Crippen LogP contribution in [0, 0.1) is 0 Å². The fourth-order valence-corrected chi connectivity index (χ4v) is 3.17. The van der Waals surface area contributed by atoms with Crippen molar-refractivity contribution in [2.24, 2.45) is 5.73 Å². The Morgan fingerprint density at radius 2 is 2.05 bits per heavy atom. The summed E-state index contributed by atoms with van der Waals surface area (Å²) in [6.07, 6.45) is 1.03. The van der Waals surface area contributed by atoms with Crippen molar-refractivity contribution in [2.75, 3.05) is 11.4 Å². The normalized spacial score (nSPS) is 21.1. The topological polar surface area (TPSA) is 72.1 Å². The van der Waals surface area contributed by atoms with Crippen molar-refractivity contribution >= 4 is 23.3 Å². The lowest BCUT2D eigenvalue weighted by Gasteiger charge is -2.22. The zero-order valence-corrected chi connectivity index (χ0v) is 13.0. The van der Waals surface area contributed by atoms with Gasteiger partial charge in [-0.1, -0.05) is 30.3 Å². The van der Waals surface area contributed by atoms with Crippen LogP contribution in [-0.2, 0) is 0 Å². The Bertz CT molecular complexity index is 692. The molecular weight excluding hydrogens is 300 g/mol. The Kier molecular flexibility index (Phi) is 3.98. The first-order chi connectivity index (χ1) is 10.5. The van der Waals surface area contributed by atoms with E-state index < -0.39 is 5.91 Å². The summed E-state index contributed by atoms with van der Waals surface area (Å²) >= 11 is 5.92. The second-order valence-electron chi connectivity index (χ2n) is 5.59. The number of carbonyl (C=O) groups excluding carboxylic acids is 1. The molecule has 2 unspecified atom stereocenters. The van der Waals surface area contributed by atoms with Crippen LogP contribution in [0.4, 0.5) is 5.82 Å². The number of hydrogen-bond acceptors (Lipinski definition) is 4. The lowest BCUT2D eigenvalue weighted by Crippen LogP contribution is -2.28. The monoisotopic (exact) mass is 316 g/mol. The number of primary amides is 1. The number of halogens is 1. The van der Waals surface area contributed by atoms with Gasteiger partial charge in [-0.05, 0) is 30.5 Å². The molecule has 1 saturated heterocycles. The van der Waals surface area contributed by atoms with E-state index in [4.69, 9.17) is 17.3 Å². The van der Waals surface area contributed by atoms with Crippen molar-refractivity contribution in [3.8, 4) is 0 Å². The van der Waals surface area contributed by atoms with Gasteiger partial charge < -0.3 is 10.6 Å². The molecule has 2 atom stereocenters. The number of nitrogens with two attached hydrogens (primary N) is 1. The lowest BCUT2D eigenvalue weighted by molar-refractivity contribution is 0.0995. The van der Waals surface area contributed by atoms with Gasteiger partial charge in [-0.15, -0.1) is 0 Å². The van der Waals surface area contributed by atoms with Gasteiger partial charge >= 0.3 is 0 Å². The zero-order chi connectivity index (χ0) is 15.7. The van der Waals surface area contributed by atoms with Crippen LogP contribution in [0.1, 0.15) is 35.3 Å². The molecule has 0 radical (unpaired) electrons. The molecular formula is C16H17ClN4O. The van der Waals surface area contributed by atoms with Crippen molar-refractivity contribution in [3.63, 3.8) is 0 Å². The number of nitrogens with zero attached hydrogens (tertiary/aromatic N) is 3. The Balaban J connectivity index is 1.88. The summed E-state index contributed by atoms with van der Waals surface area (Å²) in [6, 6.07) is 12.3. The van der Waals surface area contributed by atoms with Crippen molar-refractivity contribution in [1.29, 1.82) is 0 Å². The zero-order valence-electron chi connectivity index (χ0n) is 12.2. The highest BCUT2D eigenvalue weighted by atomic mass is 35.5. The Morgan fingerprint density at radius 1 is 1.32 bits per heavy atom. The summed E-state index contributed by atoms with van der Waals surface area (Å²) in [5, 5.41) is 0.0432. The third-order valence-electron chi connectivity index (χ3n) is 4.08. The molecule has 2 aromatic rings. The maximum absolute atomic E-state index is 11.3. The number of rotatable bonds is 3. The molecule has 1 aliphatic rings. The third-order valence-corrected chi connectivity index (χ3v) is 4.25. The second-order valence-corrected chi connectivity index (χ2v) is 5.93. The van der Waals surface area contributed by atoms with Gasteiger partial charge in [0.1, 0.15) is 11.5 Å². The van der Waals surface area contributed by atoms with Crippen molar-refractivity contribution in [1.82, 2.24) is 9.97 Å². The fourth-order valence-electron chi connectivity index (χ4n) is 3.00. The van der Waals surface area contributed by atoms with Crippen LogP contribution in [-0.4, -0.2) is 28.5 Å². The molecule has 1 aliphatic heterocycles. The Hall–Kier alpha value is -2.14. The largest absolute Gasteiger partial charge is 0.364 e. The molecule has 2 heterocycles. The molecule has 0 bridgehead atoms. The van der Waals surface area contributed by atoms with Gasteiger partial charge in [0.15, 0.2) is 0 Å². The van der Waals surface area contributed by atoms with Gasteiger partial charge in [-0.3, -0.25) is 4.79 Å². The molecule has 1 amide bonds. The summed E-state index contributed by atoms with van der Waals surface area (Å²) in [5.74, 6) is 0.485. The number of amides is 1. The van der Waals surface area contributed by atoms with E-state index in [1.807, 2.05) is 6.07 Å². The van der Waals surface area contributed by atoms with E-state index in [1.54, 1.807) is 6.07 Å². The fraction of sp³-hybridized carbons (Fsp3) is 0.312. The minimum absolute atomic E-state index is 0.0432. The molecule has 5 nitrogen and oxygen atoms in total. The molecule has 0 aliphatic carbocycles. The highest BCUT2D eigenvalue weighted by molar-refractivity contribution is 6.28. The number of anilines is 1. The minimum Gasteiger partial charge on any atom is -0.364 e. The third kappa shape index (κ3) is 2.90. The van der Waals surface area contributed by atoms with Crippen LogP contribution in [0.25, 0.3) is 0 Å². The molecule has 114 valence electrons. The summed E-state index contributed by atoms with van der Waals surface area (Å²) in [5.41, 5.74) is 6.75. The van der Waals surface area contributed by atoms with E-state index in [1.165, 1.54) is 5.56 Å². The molecule has 3 rings (SSSR count). The number of aromatic nitrogens is 2. The molecule has 22 heavy (non-hydrogen) atoms. The summed E-state index contributed by atoms with van der Waals surface area (Å²) in [7, 11) is 0. The summed E-state index contributed by atoms with van der Waals surface area (Å²) in [4.78, 5) is 21.6. The molecule has 2 N–H and O–H groups in total. The van der Waals surface area contributed by atoms with Gasteiger partial charge in [-0.2, -0.15) is 0 Å². The van der Waals surface area contributed by atoms with E-state index in [-0.39, 0.29) is 11.0 Å².